The Balaban J connectivity index is 1.01. The van der Waals surface area contributed by atoms with Crippen molar-refractivity contribution in [1.82, 2.24) is 21.3 Å². The Bertz CT molecular complexity index is 5230. The summed E-state index contributed by atoms with van der Waals surface area (Å²) in [6.07, 6.45) is -32.8. The van der Waals surface area contributed by atoms with E-state index in [1.54, 1.807) is 37.3 Å². The second-order valence-corrected chi connectivity index (χ2v) is 32.7. The number of aliphatic hydroxyl groups is 9. The Morgan fingerprint density at radius 2 is 1.24 bits per heavy atom. The number of aliphatic hydroxyl groups excluding tert-OH is 9. The smallest absolute Gasteiger partial charge is 0.330 e. The summed E-state index contributed by atoms with van der Waals surface area (Å²) in [7, 11) is 1.39. The number of carbonyl (C=O) groups excluding carboxylic acids is 6. The lowest BCUT2D eigenvalue weighted by Crippen LogP contribution is -2.62. The molecule has 0 radical (unpaired) electrons. The largest absolute Gasteiger partial charge is 0.508 e. The maximum atomic E-state index is 17.0. The third-order valence-corrected chi connectivity index (χ3v) is 24.0. The summed E-state index contributed by atoms with van der Waals surface area (Å²) >= 11 is 13.8. The Morgan fingerprint density at radius 1 is 0.587 bits per heavy atom. The zero-order chi connectivity index (χ0) is 90.3. The summed E-state index contributed by atoms with van der Waals surface area (Å²) in [4.78, 5) is 110. The lowest BCUT2D eigenvalue weighted by molar-refractivity contribution is -0.330. The van der Waals surface area contributed by atoms with Crippen molar-refractivity contribution in [3.63, 3.8) is 0 Å². The molecule has 0 aliphatic carbocycles. The molecule has 8 unspecified atom stereocenters. The summed E-state index contributed by atoms with van der Waals surface area (Å²) in [5.74, 6) is -17.3. The van der Waals surface area contributed by atoms with E-state index in [0.717, 1.165) is 36.4 Å². The highest BCUT2D eigenvalue weighted by Crippen LogP contribution is 2.51. The molecule has 16 rings (SSSR count). The van der Waals surface area contributed by atoms with Gasteiger partial charge in [0, 0.05) is 79.1 Å². The van der Waals surface area contributed by atoms with E-state index in [0.29, 0.717) is 5.56 Å². The van der Waals surface area contributed by atoms with Crippen LogP contribution in [0.4, 0.5) is 0 Å². The highest BCUT2D eigenvalue weighted by molar-refractivity contribution is 6.33. The number of methoxy groups -OCH3 is 1. The molecule has 21 N–H and O–H groups in total. The molecule has 0 saturated carbocycles. The van der Waals surface area contributed by atoms with Crippen molar-refractivity contribution in [1.29, 1.82) is 0 Å². The Labute approximate surface area is 728 Å². The van der Waals surface area contributed by atoms with Gasteiger partial charge < -0.3 is 151 Å². The van der Waals surface area contributed by atoms with Crippen LogP contribution in [-0.2, 0) is 73.1 Å². The van der Waals surface area contributed by atoms with Gasteiger partial charge in [-0.1, -0.05) is 90.4 Å². The molecule has 4 fully saturated rings. The molecule has 4 amide bonds. The quantitative estimate of drug-likeness (QED) is 0.0583. The molecule has 39 heteroatoms. The molecule has 11 bridgehead atoms. The van der Waals surface area contributed by atoms with Crippen LogP contribution in [0.3, 0.4) is 0 Å². The number of amides is 4. The number of rotatable bonds is 17. The minimum atomic E-state index is -2.41. The number of hydrogen-bond donors (Lipinski definition) is 19. The number of Topliss-reactive ketones (excluding diaryl/α,β-unsaturated/α-hetero) is 2. The van der Waals surface area contributed by atoms with Crippen LogP contribution in [0.25, 0.3) is 16.7 Å². The van der Waals surface area contributed by atoms with Gasteiger partial charge >= 0.3 is 5.97 Å². The maximum absolute atomic E-state index is 17.0. The second kappa shape index (κ2) is 38.5. The molecule has 126 heavy (non-hydrogen) atoms. The molecule has 0 spiro atoms. The number of hydrogen-bond acceptors (Lipinski definition) is 32. The fraction of sp³-hybridized carbons (Fsp3) is 0.414. The monoisotopic (exact) mass is 1790 g/mol. The Morgan fingerprint density at radius 3 is 1.90 bits per heavy atom. The number of nitrogens with one attached hydrogen (secondary N) is 4. The van der Waals surface area contributed by atoms with Crippen molar-refractivity contribution in [3.8, 4) is 62.9 Å². The number of carboxylic acids is 1. The van der Waals surface area contributed by atoms with Crippen LogP contribution in [0.5, 0.6) is 51.7 Å². The highest BCUT2D eigenvalue weighted by Gasteiger charge is 2.52. The maximum Gasteiger partial charge on any atom is 0.330 e. The molecule has 7 aromatic rings. The van der Waals surface area contributed by atoms with Crippen LogP contribution in [0.2, 0.25) is 10.0 Å². The van der Waals surface area contributed by atoms with E-state index in [1.165, 1.54) is 80.8 Å². The molecule has 9 aliphatic rings. The average molecular weight is 1790 g/mol. The summed E-state index contributed by atoms with van der Waals surface area (Å²) in [6.45, 7) is 5.07. The number of aromatic hydroxyl groups is 3. The fourth-order valence-electron chi connectivity index (χ4n) is 16.5. The number of ether oxygens (including phenoxy) is 11. The first-order chi connectivity index (χ1) is 60.1. The fourth-order valence-corrected chi connectivity index (χ4v) is 16.9. The van der Waals surface area contributed by atoms with Gasteiger partial charge in [-0.2, -0.15) is 0 Å². The lowest BCUT2D eigenvalue weighted by Gasteiger charge is -2.44. The summed E-state index contributed by atoms with van der Waals surface area (Å²) in [5, 5.41) is 158. The molecular weight excluding hydrogens is 1700 g/mol. The summed E-state index contributed by atoms with van der Waals surface area (Å²) in [6, 6.07) is 17.6. The highest BCUT2D eigenvalue weighted by atomic mass is 35.5. The normalized spacial score (nSPS) is 31.9. The van der Waals surface area contributed by atoms with Gasteiger partial charge in [0.2, 0.25) is 36.1 Å². The van der Waals surface area contributed by atoms with Crippen molar-refractivity contribution < 1.29 is 152 Å². The number of carbonyl (C=O) groups is 7. The van der Waals surface area contributed by atoms with Crippen LogP contribution in [0.15, 0.2) is 140 Å². The van der Waals surface area contributed by atoms with Crippen molar-refractivity contribution in [2.75, 3.05) is 20.3 Å². The van der Waals surface area contributed by atoms with Crippen LogP contribution in [0, 0.1) is 5.92 Å². The van der Waals surface area contributed by atoms with Gasteiger partial charge in [0.25, 0.3) is 5.91 Å². The molecular formula is C87H94Cl2N6O31. The topological polar surface area (TPSA) is 584 Å². The standard InChI is InChI=1S/C87H94Cl2N6O31/c1-34(39-12-18-54(100)49(88)22-39)81(110)94-68-55(101)24-43(20-37-8-6-5-7-9-37)82(111)92-66-42-25-59(119-45-15-10-38(11-16-45)71(68)104)79(126-87-80(75(108)73(106)62(33-97)123-87)125-63-30-51(90)70(103)35(2)117-63)60(26-42)120-57-19-14-41(23-50(57)89)78(124-64-31-52(91)77(116-4)36(3)118-64)69-84(113)93-67(85(114)115)48-27-44(98)28-58(121-86-76(109)74(107)72(105)61(32-96)122-86)65(48)47-21-40(13-17-53(47)99)46(29-56(66)102)83(112)95-69/h5-19,21-23,25-28,35-36,43,46,51-52,61-64,66-78,80,86-87,96-100,103-109H,1,20,24,29-33,90-91H2,2-4H3,(H,92,111)(H,93,113)(H,94,110)(H,95,112)(H,114,115)/t35-,36-,43+,46-,51?,52?,61?,62?,63?,64?,66-,67-,68-,69-,70-,71+,72+,73+,74-,75-,76?,77-,78+,80?,86+,87-/m0/s1. The van der Waals surface area contributed by atoms with Crippen molar-refractivity contribution in [3.05, 3.63) is 189 Å². The zero-order valence-electron chi connectivity index (χ0n) is 67.4. The third-order valence-electron chi connectivity index (χ3n) is 23.4. The molecule has 7 aromatic carbocycles. The van der Waals surface area contributed by atoms with Crippen molar-refractivity contribution >= 4 is 69.9 Å². The van der Waals surface area contributed by atoms with E-state index in [-0.39, 0.29) is 74.9 Å². The zero-order valence-corrected chi connectivity index (χ0v) is 69.0. The van der Waals surface area contributed by atoms with Crippen molar-refractivity contribution in [2.45, 2.75) is 199 Å². The van der Waals surface area contributed by atoms with E-state index >= 15 is 24.0 Å². The van der Waals surface area contributed by atoms with E-state index in [1.807, 2.05) is 0 Å². The average Bonchev–Trinajstić information content (AvgIpc) is 0.757. The Kier molecular flexibility index (Phi) is 28.0. The van der Waals surface area contributed by atoms with E-state index in [2.05, 4.69) is 27.8 Å². The predicted octanol–water partition coefficient (Wildman–Crippen LogP) is 2.82. The molecule has 37 nitrogen and oxygen atoms in total. The number of carboxylic acid groups (broad SMARTS) is 1. The first-order valence-corrected chi connectivity index (χ1v) is 41.0. The minimum absolute atomic E-state index is 0.0404. The first kappa shape index (κ1) is 91.6. The number of aliphatic carboxylic acids is 1. The number of ketones is 2. The van der Waals surface area contributed by atoms with Gasteiger partial charge in [0.1, 0.15) is 108 Å². The van der Waals surface area contributed by atoms with Crippen molar-refractivity contribution in [2.24, 2.45) is 17.4 Å². The summed E-state index contributed by atoms with van der Waals surface area (Å²) in [5.41, 5.74) is 10.8. The van der Waals surface area contributed by atoms with Gasteiger partial charge in [-0.25, -0.2) is 4.79 Å². The predicted molar refractivity (Wildman–Crippen MR) is 438 cm³/mol. The van der Waals surface area contributed by atoms with Gasteiger partial charge in [-0.3, -0.25) is 28.8 Å². The van der Waals surface area contributed by atoms with E-state index in [9.17, 15) is 76.0 Å². The first-order valence-electron chi connectivity index (χ1n) is 40.2. The van der Waals surface area contributed by atoms with Gasteiger partial charge in [0.15, 0.2) is 47.8 Å². The number of phenolic OH excluding ortho intramolecular Hbond substituents is 3. The molecule has 672 valence electrons. The molecule has 9 heterocycles. The minimum Gasteiger partial charge on any atom is -0.508 e. The van der Waals surface area contributed by atoms with E-state index < -0.39 is 282 Å². The number of fused-ring (bicyclic) bond motifs is 15. The number of phenols is 3. The molecule has 9 aliphatic heterocycles. The number of nitrogens with two attached hydrogens (primary N) is 2. The number of halogens is 2. The van der Waals surface area contributed by atoms with E-state index in [4.69, 9.17) is 86.8 Å². The van der Waals surface area contributed by atoms with Crippen LogP contribution in [-0.4, -0.2) is 250 Å². The van der Waals surface area contributed by atoms with Gasteiger partial charge in [-0.15, -0.1) is 0 Å². The van der Waals surface area contributed by atoms with Crippen LogP contribution >= 0.6 is 23.2 Å². The Hall–Kier alpha value is -10.6. The van der Waals surface area contributed by atoms with Gasteiger partial charge in [0.05, 0.1) is 53.6 Å². The van der Waals surface area contributed by atoms with Gasteiger partial charge in [-0.05, 0) is 120 Å². The number of benzene rings is 7. The summed E-state index contributed by atoms with van der Waals surface area (Å²) < 4.78 is 70.1. The lowest BCUT2D eigenvalue weighted by atomic mass is 9.84. The second-order valence-electron chi connectivity index (χ2n) is 31.9. The SMILES string of the molecule is C=C(C(=O)N[C@H]1C(=O)C[C@@H](Cc2ccccc2)C(=O)N[C@@H]2C(=O)C[C@@H]3C(=O)N[C@H](C(=O)N[C@H](C(=O)O)c4cc(O)cc(O[C@@H]5OC(CO)[C@@H](O)[C@H](O)C5O)c4-c4cc3ccc4O)[C@H](OC3CC(N)[C@@H](OC)[C@H](C)O3)c3ccc(c(Cl)c3)Oc3cc2cc(c3O[C@@H]2OC(CO)[C@@H](O)[C@H](O)C2OC2CC(N)[C@@H](O)[C@H](C)O2)Oc2ccc(cc2)[C@H]1O)c1ccc(O)c(Cl)c1. The third kappa shape index (κ3) is 19.3. The van der Waals surface area contributed by atoms with Crippen LogP contribution in [0.1, 0.15) is 109 Å². The molecule has 0 aromatic heterocycles. The molecule has 4 saturated heterocycles. The molecule has 26 atom stereocenters. The van der Waals surface area contributed by atoms with Crippen LogP contribution < -0.4 is 51.7 Å².